The summed E-state index contributed by atoms with van der Waals surface area (Å²) in [6.45, 7) is 10.2. The molecule has 3 aromatic heterocycles. The molecule has 0 aliphatic heterocycles. The van der Waals surface area contributed by atoms with E-state index in [0.717, 1.165) is 33.9 Å². The minimum Gasteiger partial charge on any atom is -0.350 e. The SMILES string of the molecule is CC(C)=Nc1ccc(-c2ccn3nc(NC4CCCCC4)ncc23)nc1C.CCC. The van der Waals surface area contributed by atoms with Crippen molar-refractivity contribution in [2.75, 3.05) is 5.32 Å². The number of aromatic nitrogens is 4. The molecule has 0 unspecified atom stereocenters. The molecule has 0 atom stereocenters. The maximum Gasteiger partial charge on any atom is 0.241 e. The Bertz CT molecular complexity index is 994. The lowest BCUT2D eigenvalue weighted by atomic mass is 9.96. The fraction of sp³-hybridized carbons (Fsp3) is 0.500. The van der Waals surface area contributed by atoms with E-state index in [1.54, 1.807) is 0 Å². The van der Waals surface area contributed by atoms with Gasteiger partial charge in [0.2, 0.25) is 5.95 Å². The molecule has 0 radical (unpaired) electrons. The second kappa shape index (κ2) is 10.3. The summed E-state index contributed by atoms with van der Waals surface area (Å²) < 4.78 is 1.88. The van der Waals surface area contributed by atoms with Gasteiger partial charge in [-0.05, 0) is 51.8 Å². The molecule has 0 amide bonds. The van der Waals surface area contributed by atoms with E-state index in [0.29, 0.717) is 12.0 Å². The Morgan fingerprint density at radius 1 is 1.13 bits per heavy atom. The van der Waals surface area contributed by atoms with Crippen LogP contribution < -0.4 is 5.32 Å². The Morgan fingerprint density at radius 2 is 1.87 bits per heavy atom. The molecule has 6 nitrogen and oxygen atoms in total. The van der Waals surface area contributed by atoms with Crippen LogP contribution in [0.1, 0.15) is 71.9 Å². The highest BCUT2D eigenvalue weighted by atomic mass is 15.3. The number of pyridine rings is 1. The van der Waals surface area contributed by atoms with Crippen LogP contribution in [0.3, 0.4) is 0 Å². The van der Waals surface area contributed by atoms with Gasteiger partial charge in [-0.25, -0.2) is 9.50 Å². The van der Waals surface area contributed by atoms with Crippen molar-refractivity contribution in [1.82, 2.24) is 19.6 Å². The van der Waals surface area contributed by atoms with E-state index >= 15 is 0 Å². The first kappa shape index (κ1) is 21.9. The van der Waals surface area contributed by atoms with E-state index in [4.69, 9.17) is 4.98 Å². The third kappa shape index (κ3) is 5.43. The highest BCUT2D eigenvalue weighted by Gasteiger charge is 2.15. The number of anilines is 1. The minimum absolute atomic E-state index is 0.491. The molecule has 1 aliphatic carbocycles. The molecule has 0 saturated heterocycles. The van der Waals surface area contributed by atoms with Gasteiger partial charge >= 0.3 is 0 Å². The van der Waals surface area contributed by atoms with E-state index in [1.807, 2.05) is 55.9 Å². The normalized spacial score (nSPS) is 14.2. The van der Waals surface area contributed by atoms with Crippen molar-refractivity contribution in [3.8, 4) is 11.3 Å². The van der Waals surface area contributed by atoms with Gasteiger partial charge in [0.15, 0.2) is 0 Å². The topological polar surface area (TPSA) is 67.5 Å². The number of aliphatic imine (C=N–C) groups is 1. The predicted octanol–water partition coefficient (Wildman–Crippen LogP) is 6.37. The lowest BCUT2D eigenvalue weighted by Gasteiger charge is -2.22. The molecule has 160 valence electrons. The number of nitrogens with zero attached hydrogens (tertiary/aromatic N) is 5. The van der Waals surface area contributed by atoms with Gasteiger partial charge in [-0.1, -0.05) is 39.5 Å². The van der Waals surface area contributed by atoms with E-state index in [-0.39, 0.29) is 0 Å². The Balaban J connectivity index is 0.000000806. The Labute approximate surface area is 179 Å². The van der Waals surface area contributed by atoms with Gasteiger partial charge in [0, 0.05) is 23.5 Å². The zero-order valence-electron chi connectivity index (χ0n) is 18.9. The fourth-order valence-electron chi connectivity index (χ4n) is 3.68. The van der Waals surface area contributed by atoms with Crippen LogP contribution in [0.15, 0.2) is 35.6 Å². The summed E-state index contributed by atoms with van der Waals surface area (Å²) >= 11 is 0. The zero-order valence-corrected chi connectivity index (χ0v) is 18.9. The molecular formula is C24H34N6. The Hall–Kier alpha value is -2.76. The molecule has 3 heterocycles. The number of nitrogens with one attached hydrogen (secondary N) is 1. The van der Waals surface area contributed by atoms with Crippen LogP contribution >= 0.6 is 0 Å². The van der Waals surface area contributed by atoms with E-state index in [9.17, 15) is 0 Å². The smallest absolute Gasteiger partial charge is 0.241 e. The summed E-state index contributed by atoms with van der Waals surface area (Å²) in [5.74, 6) is 0.698. The standard InChI is InChI=1S/C21H26N6.C3H8/c1-14(2)23-18-9-10-19(24-15(18)3)17-11-12-27-20(17)13-22-21(26-27)25-16-7-5-4-6-8-16;1-3-2/h9-13,16H,4-8H2,1-3H3,(H,25,26);3H2,1-2H3. The molecule has 1 saturated carbocycles. The van der Waals surface area contributed by atoms with Gasteiger partial charge in [0.1, 0.15) is 0 Å². The molecule has 0 aromatic carbocycles. The summed E-state index contributed by atoms with van der Waals surface area (Å²) in [5, 5.41) is 8.12. The summed E-state index contributed by atoms with van der Waals surface area (Å²) in [5.41, 5.74) is 5.76. The molecule has 1 N–H and O–H groups in total. The van der Waals surface area contributed by atoms with Crippen LogP contribution in [0.2, 0.25) is 0 Å². The Kier molecular flexibility index (Phi) is 7.55. The first-order valence-electron chi connectivity index (χ1n) is 11.1. The van der Waals surface area contributed by atoms with Crippen molar-refractivity contribution >= 4 is 22.9 Å². The second-order valence-electron chi connectivity index (χ2n) is 8.19. The second-order valence-corrected chi connectivity index (χ2v) is 8.19. The molecule has 1 fully saturated rings. The third-order valence-electron chi connectivity index (χ3n) is 5.03. The number of fused-ring (bicyclic) bond motifs is 1. The lowest BCUT2D eigenvalue weighted by molar-refractivity contribution is 0.460. The van der Waals surface area contributed by atoms with Crippen LogP contribution in [0.5, 0.6) is 0 Å². The van der Waals surface area contributed by atoms with Crippen LogP contribution in [-0.2, 0) is 0 Å². The monoisotopic (exact) mass is 406 g/mol. The van der Waals surface area contributed by atoms with Crippen molar-refractivity contribution in [2.24, 2.45) is 4.99 Å². The third-order valence-corrected chi connectivity index (χ3v) is 5.03. The van der Waals surface area contributed by atoms with Crippen LogP contribution in [0.25, 0.3) is 16.8 Å². The quantitative estimate of drug-likeness (QED) is 0.511. The summed E-state index contributed by atoms with van der Waals surface area (Å²) in [7, 11) is 0. The molecule has 6 heteroatoms. The van der Waals surface area contributed by atoms with Crippen molar-refractivity contribution in [1.29, 1.82) is 0 Å². The maximum absolute atomic E-state index is 4.74. The minimum atomic E-state index is 0.491. The van der Waals surface area contributed by atoms with Gasteiger partial charge in [0.05, 0.1) is 28.8 Å². The first-order chi connectivity index (χ1) is 14.5. The van der Waals surface area contributed by atoms with Crippen molar-refractivity contribution < 1.29 is 0 Å². The van der Waals surface area contributed by atoms with Crippen LogP contribution in [-0.4, -0.2) is 31.3 Å². The summed E-state index contributed by atoms with van der Waals surface area (Å²) in [6.07, 6.45) is 11.4. The van der Waals surface area contributed by atoms with Crippen LogP contribution in [0, 0.1) is 6.92 Å². The number of aryl methyl sites for hydroxylation is 1. The summed E-state index contributed by atoms with van der Waals surface area (Å²) in [6, 6.07) is 6.57. The molecule has 3 aromatic rings. The van der Waals surface area contributed by atoms with Crippen molar-refractivity contribution in [3.63, 3.8) is 0 Å². The van der Waals surface area contributed by atoms with Crippen LogP contribution in [0.4, 0.5) is 11.6 Å². The van der Waals surface area contributed by atoms with E-state index in [2.05, 4.69) is 34.2 Å². The van der Waals surface area contributed by atoms with E-state index in [1.165, 1.54) is 38.5 Å². The molecule has 0 spiro atoms. The summed E-state index contributed by atoms with van der Waals surface area (Å²) in [4.78, 5) is 13.8. The molecule has 4 rings (SSSR count). The largest absolute Gasteiger partial charge is 0.350 e. The van der Waals surface area contributed by atoms with Gasteiger partial charge in [0.25, 0.3) is 0 Å². The number of hydrogen-bond acceptors (Lipinski definition) is 5. The van der Waals surface area contributed by atoms with E-state index < -0.39 is 0 Å². The van der Waals surface area contributed by atoms with Crippen molar-refractivity contribution in [2.45, 2.75) is 79.2 Å². The van der Waals surface area contributed by atoms with Gasteiger partial charge in [-0.2, -0.15) is 0 Å². The van der Waals surface area contributed by atoms with Gasteiger partial charge in [-0.15, -0.1) is 5.10 Å². The maximum atomic E-state index is 4.74. The molecular weight excluding hydrogens is 372 g/mol. The number of rotatable bonds is 4. The molecule has 30 heavy (non-hydrogen) atoms. The van der Waals surface area contributed by atoms with Crippen molar-refractivity contribution in [3.05, 3.63) is 36.3 Å². The fourth-order valence-corrected chi connectivity index (χ4v) is 3.68. The number of hydrogen-bond donors (Lipinski definition) is 1. The lowest BCUT2D eigenvalue weighted by Crippen LogP contribution is -2.23. The van der Waals surface area contributed by atoms with Gasteiger partial charge in [-0.3, -0.25) is 9.98 Å². The predicted molar refractivity (Wildman–Crippen MR) is 126 cm³/mol. The average molecular weight is 407 g/mol. The highest BCUT2D eigenvalue weighted by Crippen LogP contribution is 2.27. The van der Waals surface area contributed by atoms with Gasteiger partial charge < -0.3 is 5.32 Å². The highest BCUT2D eigenvalue weighted by molar-refractivity contribution is 5.83. The first-order valence-corrected chi connectivity index (χ1v) is 11.1. The molecule has 0 bridgehead atoms. The molecule has 1 aliphatic rings. The Morgan fingerprint density at radius 3 is 2.53 bits per heavy atom. The average Bonchev–Trinajstić information content (AvgIpc) is 3.14. The zero-order chi connectivity index (χ0) is 21.5.